The number of nitrogens with zero attached hydrogens (tertiary/aromatic N) is 2. The quantitative estimate of drug-likeness (QED) is 0.740. The molecule has 1 unspecified atom stereocenters. The number of carbonyl (C=O) groups is 2. The molecule has 5 nitrogen and oxygen atoms in total. The number of carboxylic acids is 1. The lowest BCUT2D eigenvalue weighted by Gasteiger charge is -2.24. The number of hydrogen-bond acceptors (Lipinski definition) is 3. The molecule has 1 heterocycles. The normalized spacial score (nSPS) is 21.0. The van der Waals surface area contributed by atoms with Crippen molar-refractivity contribution in [2.75, 3.05) is 27.2 Å². The summed E-state index contributed by atoms with van der Waals surface area (Å²) in [7, 11) is 3.86. The monoisotopic (exact) mass is 228 g/mol. The van der Waals surface area contributed by atoms with E-state index in [1.807, 2.05) is 14.1 Å². The van der Waals surface area contributed by atoms with Crippen molar-refractivity contribution in [3.05, 3.63) is 0 Å². The Hall–Kier alpha value is -1.10. The molecular formula is C11H20N2O3. The Morgan fingerprint density at radius 3 is 2.62 bits per heavy atom. The highest BCUT2D eigenvalue weighted by molar-refractivity contribution is 5.77. The predicted octanol–water partition coefficient (Wildman–Crippen LogP) is 0.404. The van der Waals surface area contributed by atoms with Gasteiger partial charge in [-0.15, -0.1) is 0 Å². The van der Waals surface area contributed by atoms with E-state index >= 15 is 0 Å². The van der Waals surface area contributed by atoms with Crippen molar-refractivity contribution in [2.24, 2.45) is 0 Å². The molecule has 0 aliphatic carbocycles. The third kappa shape index (κ3) is 3.81. The molecule has 1 N–H and O–H groups in total. The fourth-order valence-corrected chi connectivity index (χ4v) is 2.00. The van der Waals surface area contributed by atoms with Gasteiger partial charge in [-0.25, -0.2) is 0 Å². The zero-order valence-electron chi connectivity index (χ0n) is 9.98. The van der Waals surface area contributed by atoms with E-state index in [1.54, 1.807) is 4.90 Å². The molecular weight excluding hydrogens is 208 g/mol. The van der Waals surface area contributed by atoms with E-state index in [9.17, 15) is 9.59 Å². The molecule has 0 aromatic carbocycles. The number of rotatable bonds is 5. The Kier molecular flexibility index (Phi) is 4.73. The molecule has 92 valence electrons. The maximum atomic E-state index is 11.7. The molecule has 0 radical (unpaired) electrons. The van der Waals surface area contributed by atoms with Crippen molar-refractivity contribution in [1.82, 2.24) is 9.80 Å². The van der Waals surface area contributed by atoms with Crippen molar-refractivity contribution >= 4 is 11.9 Å². The van der Waals surface area contributed by atoms with Crippen molar-refractivity contribution in [3.63, 3.8) is 0 Å². The van der Waals surface area contributed by atoms with Crippen LogP contribution in [0.25, 0.3) is 0 Å². The first-order valence-corrected chi connectivity index (χ1v) is 5.66. The van der Waals surface area contributed by atoms with Crippen LogP contribution in [0, 0.1) is 0 Å². The van der Waals surface area contributed by atoms with Gasteiger partial charge in [-0.2, -0.15) is 0 Å². The molecule has 0 aromatic heterocycles. The van der Waals surface area contributed by atoms with Crippen LogP contribution in [0.15, 0.2) is 0 Å². The molecule has 0 spiro atoms. The van der Waals surface area contributed by atoms with Crippen LogP contribution in [-0.4, -0.2) is 60.0 Å². The van der Waals surface area contributed by atoms with Crippen molar-refractivity contribution in [1.29, 1.82) is 0 Å². The molecule has 1 saturated heterocycles. The SMILES string of the molecule is CN1CCC(N(C)C(=O)CCCC(=O)O)C1. The van der Waals surface area contributed by atoms with E-state index < -0.39 is 5.97 Å². The molecule has 1 aliphatic rings. The smallest absolute Gasteiger partial charge is 0.303 e. The minimum atomic E-state index is -0.837. The van der Waals surface area contributed by atoms with Gasteiger partial charge in [0.2, 0.25) is 5.91 Å². The first-order valence-electron chi connectivity index (χ1n) is 5.66. The largest absolute Gasteiger partial charge is 0.481 e. The van der Waals surface area contributed by atoms with Gasteiger partial charge in [-0.05, 0) is 26.4 Å². The van der Waals surface area contributed by atoms with Gasteiger partial charge in [-0.3, -0.25) is 9.59 Å². The highest BCUT2D eigenvalue weighted by atomic mass is 16.4. The van der Waals surface area contributed by atoms with Gasteiger partial charge in [-0.1, -0.05) is 0 Å². The second-order valence-electron chi connectivity index (χ2n) is 4.46. The fourth-order valence-electron chi connectivity index (χ4n) is 2.00. The Bertz CT molecular complexity index is 268. The molecule has 0 aromatic rings. The molecule has 1 aliphatic heterocycles. The molecule has 5 heteroatoms. The first-order chi connectivity index (χ1) is 7.50. The third-order valence-electron chi connectivity index (χ3n) is 3.09. The minimum absolute atomic E-state index is 0.0570. The van der Waals surface area contributed by atoms with E-state index in [1.165, 1.54) is 0 Å². The summed E-state index contributed by atoms with van der Waals surface area (Å²) in [5.41, 5.74) is 0. The van der Waals surface area contributed by atoms with E-state index in [0.717, 1.165) is 19.5 Å². The minimum Gasteiger partial charge on any atom is -0.481 e. The van der Waals surface area contributed by atoms with Gasteiger partial charge in [0.05, 0.1) is 0 Å². The maximum Gasteiger partial charge on any atom is 0.303 e. The summed E-state index contributed by atoms with van der Waals surface area (Å²) < 4.78 is 0. The Balaban J connectivity index is 2.27. The van der Waals surface area contributed by atoms with Crippen LogP contribution in [-0.2, 0) is 9.59 Å². The zero-order chi connectivity index (χ0) is 12.1. The molecule has 0 bridgehead atoms. The van der Waals surface area contributed by atoms with Crippen LogP contribution >= 0.6 is 0 Å². The number of hydrogen-bond donors (Lipinski definition) is 1. The number of likely N-dealkylation sites (N-methyl/N-ethyl adjacent to an activating group) is 2. The Labute approximate surface area is 96.0 Å². The molecule has 0 saturated carbocycles. The van der Waals surface area contributed by atoms with Gasteiger partial charge in [0, 0.05) is 32.5 Å². The van der Waals surface area contributed by atoms with Crippen LogP contribution in [0.4, 0.5) is 0 Å². The Morgan fingerprint density at radius 2 is 2.12 bits per heavy atom. The lowest BCUT2D eigenvalue weighted by Crippen LogP contribution is -2.38. The van der Waals surface area contributed by atoms with Gasteiger partial charge in [0.15, 0.2) is 0 Å². The van der Waals surface area contributed by atoms with Crippen LogP contribution < -0.4 is 0 Å². The number of carbonyl (C=O) groups excluding carboxylic acids is 1. The van der Waals surface area contributed by atoms with Crippen molar-refractivity contribution in [2.45, 2.75) is 31.7 Å². The van der Waals surface area contributed by atoms with Gasteiger partial charge < -0.3 is 14.9 Å². The Morgan fingerprint density at radius 1 is 1.44 bits per heavy atom. The summed E-state index contributed by atoms with van der Waals surface area (Å²) in [6, 6.07) is 0.294. The number of amides is 1. The highest BCUT2D eigenvalue weighted by Crippen LogP contribution is 2.14. The van der Waals surface area contributed by atoms with Crippen LogP contribution in [0.5, 0.6) is 0 Å². The number of aliphatic carboxylic acids is 1. The fraction of sp³-hybridized carbons (Fsp3) is 0.818. The molecule has 1 rings (SSSR count). The molecule has 16 heavy (non-hydrogen) atoms. The topological polar surface area (TPSA) is 60.9 Å². The average Bonchev–Trinajstić information content (AvgIpc) is 2.63. The first kappa shape index (κ1) is 13.0. The van der Waals surface area contributed by atoms with Gasteiger partial charge >= 0.3 is 5.97 Å². The second-order valence-corrected chi connectivity index (χ2v) is 4.46. The lowest BCUT2D eigenvalue weighted by atomic mass is 10.2. The van der Waals surface area contributed by atoms with E-state index in [2.05, 4.69) is 4.90 Å². The second kappa shape index (κ2) is 5.84. The van der Waals surface area contributed by atoms with E-state index in [-0.39, 0.29) is 12.3 Å². The van der Waals surface area contributed by atoms with Gasteiger partial charge in [0.1, 0.15) is 0 Å². The highest BCUT2D eigenvalue weighted by Gasteiger charge is 2.25. The summed E-state index contributed by atoms with van der Waals surface area (Å²) >= 11 is 0. The van der Waals surface area contributed by atoms with Crippen molar-refractivity contribution < 1.29 is 14.7 Å². The van der Waals surface area contributed by atoms with Crippen LogP contribution in [0.3, 0.4) is 0 Å². The summed E-state index contributed by atoms with van der Waals surface area (Å²) in [5, 5.41) is 8.48. The molecule has 1 atom stereocenters. The van der Waals surface area contributed by atoms with Gasteiger partial charge in [0.25, 0.3) is 0 Å². The third-order valence-corrected chi connectivity index (χ3v) is 3.09. The molecule has 1 amide bonds. The summed E-state index contributed by atoms with van der Waals surface area (Å²) in [5.74, 6) is -0.780. The average molecular weight is 228 g/mol. The summed E-state index contributed by atoms with van der Waals surface area (Å²) in [6.07, 6.45) is 1.85. The van der Waals surface area contributed by atoms with E-state index in [4.69, 9.17) is 5.11 Å². The van der Waals surface area contributed by atoms with E-state index in [0.29, 0.717) is 18.9 Å². The zero-order valence-corrected chi connectivity index (χ0v) is 9.98. The predicted molar refractivity (Wildman–Crippen MR) is 60.2 cm³/mol. The summed E-state index contributed by atoms with van der Waals surface area (Å²) in [6.45, 7) is 1.94. The summed E-state index contributed by atoms with van der Waals surface area (Å²) in [4.78, 5) is 26.0. The van der Waals surface area contributed by atoms with Crippen molar-refractivity contribution in [3.8, 4) is 0 Å². The van der Waals surface area contributed by atoms with Crippen LogP contribution in [0.1, 0.15) is 25.7 Å². The molecule has 1 fully saturated rings. The van der Waals surface area contributed by atoms with Crippen LogP contribution in [0.2, 0.25) is 0 Å². The number of likely N-dealkylation sites (tertiary alicyclic amines) is 1. The maximum absolute atomic E-state index is 11.7. The lowest BCUT2D eigenvalue weighted by molar-refractivity contribution is -0.137. The number of carboxylic acid groups (broad SMARTS) is 1. The standard InChI is InChI=1S/C11H20N2O3/c1-12-7-6-9(8-12)13(2)10(14)4-3-5-11(15)16/h9H,3-8H2,1-2H3,(H,15,16).